The second-order valence-corrected chi connectivity index (χ2v) is 5.62. The lowest BCUT2D eigenvalue weighted by molar-refractivity contribution is -0.116. The summed E-state index contributed by atoms with van der Waals surface area (Å²) >= 11 is 0. The number of hydrogen-bond acceptors (Lipinski definition) is 5. The Kier molecular flexibility index (Phi) is 7.02. The topological polar surface area (TPSA) is 73.9 Å². The van der Waals surface area contributed by atoms with Crippen LogP contribution in [0, 0.1) is 0 Å². The lowest BCUT2D eigenvalue weighted by Gasteiger charge is -2.10. The van der Waals surface area contributed by atoms with Gasteiger partial charge in [0.2, 0.25) is 5.91 Å². The van der Waals surface area contributed by atoms with Gasteiger partial charge < -0.3 is 19.5 Å². The molecule has 0 atom stereocenters. The van der Waals surface area contributed by atoms with Crippen molar-refractivity contribution in [3.63, 3.8) is 0 Å². The van der Waals surface area contributed by atoms with E-state index in [-0.39, 0.29) is 18.1 Å². The predicted molar refractivity (Wildman–Crippen MR) is 99.4 cm³/mol. The van der Waals surface area contributed by atoms with Crippen LogP contribution in [0.1, 0.15) is 29.6 Å². The molecule has 0 unspecified atom stereocenters. The first-order valence-corrected chi connectivity index (χ1v) is 8.26. The van der Waals surface area contributed by atoms with Crippen LogP contribution in [0.4, 0.5) is 5.69 Å². The third kappa shape index (κ3) is 5.24. The SMILES string of the molecule is COc1ccc(C(=O)CCCC(=O)Nc2ccc(OC)c(OC)c2)cc1. The fourth-order valence-electron chi connectivity index (χ4n) is 2.47. The zero-order valence-electron chi connectivity index (χ0n) is 15.2. The van der Waals surface area contributed by atoms with Gasteiger partial charge in [0.25, 0.3) is 0 Å². The maximum atomic E-state index is 12.1. The van der Waals surface area contributed by atoms with Crippen molar-refractivity contribution < 1.29 is 23.8 Å². The van der Waals surface area contributed by atoms with Crippen molar-refractivity contribution >= 4 is 17.4 Å². The highest BCUT2D eigenvalue weighted by Crippen LogP contribution is 2.29. The average molecular weight is 357 g/mol. The molecule has 0 fully saturated rings. The number of amides is 1. The van der Waals surface area contributed by atoms with Crippen LogP contribution in [0.25, 0.3) is 0 Å². The first-order valence-electron chi connectivity index (χ1n) is 8.26. The van der Waals surface area contributed by atoms with Gasteiger partial charge in [0.1, 0.15) is 5.75 Å². The number of carbonyl (C=O) groups excluding carboxylic acids is 2. The summed E-state index contributed by atoms with van der Waals surface area (Å²) in [7, 11) is 4.66. The Morgan fingerprint density at radius 2 is 1.54 bits per heavy atom. The predicted octanol–water partition coefficient (Wildman–Crippen LogP) is 3.70. The Labute approximate surface area is 153 Å². The van der Waals surface area contributed by atoms with Crippen LogP contribution in [0.5, 0.6) is 17.2 Å². The number of hydrogen-bond donors (Lipinski definition) is 1. The minimum Gasteiger partial charge on any atom is -0.497 e. The van der Waals surface area contributed by atoms with Gasteiger partial charge in [-0.15, -0.1) is 0 Å². The molecular formula is C20H23NO5. The number of ether oxygens (including phenoxy) is 3. The van der Waals surface area contributed by atoms with E-state index in [1.54, 1.807) is 56.7 Å². The van der Waals surface area contributed by atoms with Gasteiger partial charge in [-0.1, -0.05) is 0 Å². The number of rotatable bonds is 9. The summed E-state index contributed by atoms with van der Waals surface area (Å²) in [5, 5.41) is 2.79. The van der Waals surface area contributed by atoms with Crippen LogP contribution in [-0.2, 0) is 4.79 Å². The van der Waals surface area contributed by atoms with Gasteiger partial charge in [-0.05, 0) is 42.8 Å². The van der Waals surface area contributed by atoms with Crippen molar-refractivity contribution in [2.75, 3.05) is 26.6 Å². The number of nitrogens with one attached hydrogen (secondary N) is 1. The molecule has 0 aliphatic heterocycles. The smallest absolute Gasteiger partial charge is 0.224 e. The largest absolute Gasteiger partial charge is 0.497 e. The lowest BCUT2D eigenvalue weighted by atomic mass is 10.1. The average Bonchev–Trinajstić information content (AvgIpc) is 2.67. The van der Waals surface area contributed by atoms with Crippen molar-refractivity contribution in [3.8, 4) is 17.2 Å². The third-order valence-corrected chi connectivity index (χ3v) is 3.89. The molecule has 2 aromatic carbocycles. The normalized spacial score (nSPS) is 10.1. The van der Waals surface area contributed by atoms with E-state index in [9.17, 15) is 9.59 Å². The number of benzene rings is 2. The van der Waals surface area contributed by atoms with Crippen LogP contribution in [-0.4, -0.2) is 33.0 Å². The summed E-state index contributed by atoms with van der Waals surface area (Å²) in [5.41, 5.74) is 1.24. The molecule has 138 valence electrons. The number of ketones is 1. The van der Waals surface area contributed by atoms with E-state index in [0.717, 1.165) is 0 Å². The van der Waals surface area contributed by atoms with E-state index in [2.05, 4.69) is 5.32 Å². The van der Waals surface area contributed by atoms with E-state index in [0.29, 0.717) is 41.3 Å². The van der Waals surface area contributed by atoms with Crippen LogP contribution in [0.3, 0.4) is 0 Å². The molecule has 0 saturated heterocycles. The zero-order valence-corrected chi connectivity index (χ0v) is 15.2. The molecule has 26 heavy (non-hydrogen) atoms. The summed E-state index contributed by atoms with van der Waals surface area (Å²) < 4.78 is 15.4. The monoisotopic (exact) mass is 357 g/mol. The molecule has 1 amide bonds. The maximum Gasteiger partial charge on any atom is 0.224 e. The van der Waals surface area contributed by atoms with E-state index in [4.69, 9.17) is 14.2 Å². The Hall–Kier alpha value is -3.02. The standard InChI is InChI=1S/C20H23NO5/c1-24-16-10-7-14(8-11-16)17(22)5-4-6-20(23)21-15-9-12-18(25-2)19(13-15)26-3/h7-13H,4-6H2,1-3H3,(H,21,23). The van der Waals surface area contributed by atoms with Gasteiger partial charge in [0.05, 0.1) is 21.3 Å². The molecule has 0 aromatic heterocycles. The minimum atomic E-state index is -0.153. The molecule has 2 rings (SSSR count). The molecule has 6 heteroatoms. The van der Waals surface area contributed by atoms with Gasteiger partial charge >= 0.3 is 0 Å². The molecule has 0 spiro atoms. The van der Waals surface area contributed by atoms with Gasteiger partial charge in [-0.3, -0.25) is 9.59 Å². The van der Waals surface area contributed by atoms with E-state index in [1.807, 2.05) is 0 Å². The molecular weight excluding hydrogens is 334 g/mol. The van der Waals surface area contributed by atoms with Crippen molar-refractivity contribution in [2.24, 2.45) is 0 Å². The number of carbonyl (C=O) groups is 2. The Balaban J connectivity index is 1.82. The van der Waals surface area contributed by atoms with Gasteiger partial charge in [-0.2, -0.15) is 0 Å². The number of Topliss-reactive ketones (excluding diaryl/α,β-unsaturated/α-hetero) is 1. The first kappa shape index (κ1) is 19.3. The van der Waals surface area contributed by atoms with Crippen LogP contribution >= 0.6 is 0 Å². The maximum absolute atomic E-state index is 12.1. The third-order valence-electron chi connectivity index (χ3n) is 3.89. The second kappa shape index (κ2) is 9.46. The highest BCUT2D eigenvalue weighted by atomic mass is 16.5. The fourth-order valence-corrected chi connectivity index (χ4v) is 2.47. The molecule has 2 aromatic rings. The molecule has 0 heterocycles. The van der Waals surface area contributed by atoms with Crippen molar-refractivity contribution in [1.29, 1.82) is 0 Å². The Morgan fingerprint density at radius 1 is 0.846 bits per heavy atom. The summed E-state index contributed by atoms with van der Waals surface area (Å²) in [6.45, 7) is 0. The van der Waals surface area contributed by atoms with Gasteiger partial charge in [-0.25, -0.2) is 0 Å². The van der Waals surface area contributed by atoms with Gasteiger partial charge in [0.15, 0.2) is 17.3 Å². The van der Waals surface area contributed by atoms with E-state index < -0.39 is 0 Å². The highest BCUT2D eigenvalue weighted by molar-refractivity contribution is 5.97. The van der Waals surface area contributed by atoms with Crippen molar-refractivity contribution in [1.82, 2.24) is 0 Å². The number of methoxy groups -OCH3 is 3. The van der Waals surface area contributed by atoms with Crippen LogP contribution < -0.4 is 19.5 Å². The molecule has 0 aliphatic rings. The van der Waals surface area contributed by atoms with Crippen LogP contribution in [0.2, 0.25) is 0 Å². The van der Waals surface area contributed by atoms with Gasteiger partial charge in [0, 0.05) is 30.2 Å². The molecule has 0 radical (unpaired) electrons. The van der Waals surface area contributed by atoms with E-state index >= 15 is 0 Å². The lowest BCUT2D eigenvalue weighted by Crippen LogP contribution is -2.12. The zero-order chi connectivity index (χ0) is 18.9. The Morgan fingerprint density at radius 3 is 2.15 bits per heavy atom. The molecule has 1 N–H and O–H groups in total. The highest BCUT2D eigenvalue weighted by Gasteiger charge is 2.10. The van der Waals surface area contributed by atoms with Crippen molar-refractivity contribution in [2.45, 2.75) is 19.3 Å². The second-order valence-electron chi connectivity index (χ2n) is 5.62. The number of anilines is 1. The van der Waals surface area contributed by atoms with Crippen molar-refractivity contribution in [3.05, 3.63) is 48.0 Å². The summed E-state index contributed by atoms with van der Waals surface area (Å²) in [6.07, 6.45) is 1.05. The molecule has 0 bridgehead atoms. The fraction of sp³-hybridized carbons (Fsp3) is 0.300. The Bertz CT molecular complexity index is 755. The van der Waals surface area contributed by atoms with Crippen LogP contribution in [0.15, 0.2) is 42.5 Å². The van der Waals surface area contributed by atoms with E-state index in [1.165, 1.54) is 7.11 Å². The molecule has 0 saturated carbocycles. The quantitative estimate of drug-likeness (QED) is 0.693. The first-order chi connectivity index (χ1) is 12.6. The molecule has 6 nitrogen and oxygen atoms in total. The summed E-state index contributed by atoms with van der Waals surface area (Å²) in [4.78, 5) is 24.2. The summed E-state index contributed by atoms with van der Waals surface area (Å²) in [5.74, 6) is 1.69. The minimum absolute atomic E-state index is 0.00608. The molecule has 0 aliphatic carbocycles. The summed E-state index contributed by atoms with van der Waals surface area (Å²) in [6, 6.07) is 12.1.